The van der Waals surface area contributed by atoms with Crippen LogP contribution in [0.3, 0.4) is 0 Å². The van der Waals surface area contributed by atoms with E-state index in [2.05, 4.69) is 17.1 Å². The molecule has 15 heavy (non-hydrogen) atoms. The third kappa shape index (κ3) is 2.24. The molecule has 1 saturated heterocycles. The highest BCUT2D eigenvalue weighted by Gasteiger charge is 2.20. The van der Waals surface area contributed by atoms with E-state index in [1.165, 1.54) is 6.07 Å². The molecule has 1 aromatic carbocycles. The minimum Gasteiger partial charge on any atom is -0.364 e. The Morgan fingerprint density at radius 1 is 1.53 bits per heavy atom. The number of rotatable bonds is 1. The molecule has 1 aliphatic rings. The number of benzene rings is 1. The molecule has 0 bridgehead atoms. The molecule has 82 valence electrons. The largest absolute Gasteiger partial charge is 0.364 e. The Morgan fingerprint density at radius 2 is 2.33 bits per heavy atom. The maximum Gasteiger partial charge on any atom is 0.147 e. The molecule has 0 saturated carbocycles. The van der Waals surface area contributed by atoms with Crippen molar-refractivity contribution in [3.05, 3.63) is 29.0 Å². The van der Waals surface area contributed by atoms with Crippen LogP contribution < -0.4 is 10.2 Å². The predicted octanol–water partition coefficient (Wildman–Crippen LogP) is 2.28. The summed E-state index contributed by atoms with van der Waals surface area (Å²) in [6.45, 7) is 4.70. The van der Waals surface area contributed by atoms with E-state index in [1.54, 1.807) is 12.1 Å². The molecule has 1 fully saturated rings. The molecule has 2 nitrogen and oxygen atoms in total. The van der Waals surface area contributed by atoms with Crippen molar-refractivity contribution < 1.29 is 4.39 Å². The van der Waals surface area contributed by atoms with E-state index in [-0.39, 0.29) is 5.82 Å². The summed E-state index contributed by atoms with van der Waals surface area (Å²) in [5, 5.41) is 3.72. The lowest BCUT2D eigenvalue weighted by molar-refractivity contribution is 0.491. The number of nitrogens with one attached hydrogen (secondary N) is 1. The Kier molecular flexibility index (Phi) is 3.12. The molecular formula is C11H14ClFN2. The molecular weight excluding hydrogens is 215 g/mol. The first-order valence-electron chi connectivity index (χ1n) is 5.11. The van der Waals surface area contributed by atoms with Gasteiger partial charge in [-0.1, -0.05) is 11.6 Å². The number of hydrogen-bond donors (Lipinski definition) is 1. The average molecular weight is 229 g/mol. The van der Waals surface area contributed by atoms with Crippen molar-refractivity contribution in [2.75, 3.05) is 24.5 Å². The van der Waals surface area contributed by atoms with Gasteiger partial charge in [-0.15, -0.1) is 0 Å². The van der Waals surface area contributed by atoms with E-state index >= 15 is 0 Å². The van der Waals surface area contributed by atoms with Crippen LogP contribution in [0.1, 0.15) is 6.92 Å². The molecule has 0 aliphatic carbocycles. The van der Waals surface area contributed by atoms with Crippen molar-refractivity contribution in [2.24, 2.45) is 0 Å². The van der Waals surface area contributed by atoms with Gasteiger partial charge in [0.15, 0.2) is 0 Å². The maximum absolute atomic E-state index is 13.7. The Hall–Kier alpha value is -0.800. The van der Waals surface area contributed by atoms with Gasteiger partial charge in [-0.25, -0.2) is 4.39 Å². The second-order valence-electron chi connectivity index (χ2n) is 3.84. The predicted molar refractivity (Wildman–Crippen MR) is 61.1 cm³/mol. The first-order chi connectivity index (χ1) is 7.18. The number of piperazine rings is 1. The fraction of sp³-hybridized carbons (Fsp3) is 0.455. The summed E-state index contributed by atoms with van der Waals surface area (Å²) in [5.74, 6) is -0.240. The number of nitrogens with zero attached hydrogens (tertiary/aromatic N) is 1. The van der Waals surface area contributed by atoms with Crippen molar-refractivity contribution in [1.82, 2.24) is 5.32 Å². The lowest BCUT2D eigenvalue weighted by Gasteiger charge is -2.36. The Labute approximate surface area is 94.0 Å². The molecule has 0 spiro atoms. The molecule has 4 heteroatoms. The summed E-state index contributed by atoms with van der Waals surface area (Å²) >= 11 is 5.72. The lowest BCUT2D eigenvalue weighted by Crippen LogP contribution is -2.50. The average Bonchev–Trinajstić information content (AvgIpc) is 2.20. The quantitative estimate of drug-likeness (QED) is 0.794. The van der Waals surface area contributed by atoms with E-state index in [1.807, 2.05) is 0 Å². The molecule has 0 unspecified atom stereocenters. The minimum absolute atomic E-state index is 0.240. The van der Waals surface area contributed by atoms with Gasteiger partial charge in [-0.05, 0) is 25.1 Å². The standard InChI is InChI=1S/C11H14ClFN2/c1-8-7-14-4-5-15(8)11-3-2-9(12)6-10(11)13/h2-3,6,8,14H,4-5,7H2,1H3/t8-/m1/s1. The van der Waals surface area contributed by atoms with Crippen LogP contribution in [-0.4, -0.2) is 25.7 Å². The van der Waals surface area contributed by atoms with Gasteiger partial charge in [0.05, 0.1) is 5.69 Å². The minimum atomic E-state index is -0.240. The van der Waals surface area contributed by atoms with Crippen molar-refractivity contribution in [3.63, 3.8) is 0 Å². The Bertz CT molecular complexity index is 356. The summed E-state index contributed by atoms with van der Waals surface area (Å²) in [6.07, 6.45) is 0. The fourth-order valence-electron chi connectivity index (χ4n) is 1.91. The SMILES string of the molecule is C[C@@H]1CNCCN1c1ccc(Cl)cc1F. The number of anilines is 1. The number of halogens is 2. The summed E-state index contributed by atoms with van der Waals surface area (Å²) in [7, 11) is 0. The van der Waals surface area contributed by atoms with Crippen LogP contribution in [0, 0.1) is 5.82 Å². The van der Waals surface area contributed by atoms with Gasteiger partial charge < -0.3 is 10.2 Å². The van der Waals surface area contributed by atoms with Crippen molar-refractivity contribution in [1.29, 1.82) is 0 Å². The summed E-state index contributed by atoms with van der Waals surface area (Å²) < 4.78 is 13.7. The third-order valence-electron chi connectivity index (χ3n) is 2.72. The molecule has 1 aromatic rings. The van der Waals surface area contributed by atoms with Crippen LogP contribution in [0.15, 0.2) is 18.2 Å². The van der Waals surface area contributed by atoms with Gasteiger partial charge >= 0.3 is 0 Å². The molecule has 2 rings (SSSR count). The highest BCUT2D eigenvalue weighted by atomic mass is 35.5. The molecule has 1 heterocycles. The highest BCUT2D eigenvalue weighted by molar-refractivity contribution is 6.30. The van der Waals surface area contributed by atoms with Crippen molar-refractivity contribution in [3.8, 4) is 0 Å². The first kappa shape index (κ1) is 10.7. The second kappa shape index (κ2) is 4.37. The molecule has 0 radical (unpaired) electrons. The van der Waals surface area contributed by atoms with Crippen LogP contribution in [0.2, 0.25) is 5.02 Å². The van der Waals surface area contributed by atoms with Crippen molar-refractivity contribution >= 4 is 17.3 Å². The van der Waals surface area contributed by atoms with E-state index in [0.29, 0.717) is 16.8 Å². The van der Waals surface area contributed by atoms with E-state index < -0.39 is 0 Å². The first-order valence-corrected chi connectivity index (χ1v) is 5.48. The Balaban J connectivity index is 2.27. The topological polar surface area (TPSA) is 15.3 Å². The Morgan fingerprint density at radius 3 is 3.00 bits per heavy atom. The highest BCUT2D eigenvalue weighted by Crippen LogP contribution is 2.24. The van der Waals surface area contributed by atoms with Gasteiger partial charge in [0, 0.05) is 30.7 Å². The zero-order chi connectivity index (χ0) is 10.8. The summed E-state index contributed by atoms with van der Waals surface area (Å²) in [6, 6.07) is 5.16. The smallest absolute Gasteiger partial charge is 0.147 e. The molecule has 1 atom stereocenters. The molecule has 1 aliphatic heterocycles. The normalized spacial score (nSPS) is 21.8. The van der Waals surface area contributed by atoms with Gasteiger partial charge in [-0.3, -0.25) is 0 Å². The van der Waals surface area contributed by atoms with Crippen LogP contribution in [-0.2, 0) is 0 Å². The molecule has 0 aromatic heterocycles. The molecule has 0 amide bonds. The monoisotopic (exact) mass is 228 g/mol. The fourth-order valence-corrected chi connectivity index (χ4v) is 2.07. The van der Waals surface area contributed by atoms with Gasteiger partial charge in [0.1, 0.15) is 5.82 Å². The van der Waals surface area contributed by atoms with E-state index in [9.17, 15) is 4.39 Å². The van der Waals surface area contributed by atoms with Gasteiger partial charge in [-0.2, -0.15) is 0 Å². The van der Waals surface area contributed by atoms with Crippen LogP contribution in [0.4, 0.5) is 10.1 Å². The van der Waals surface area contributed by atoms with Crippen molar-refractivity contribution in [2.45, 2.75) is 13.0 Å². The maximum atomic E-state index is 13.7. The summed E-state index contributed by atoms with van der Waals surface area (Å²) in [5.41, 5.74) is 0.647. The lowest BCUT2D eigenvalue weighted by atomic mass is 10.1. The van der Waals surface area contributed by atoms with E-state index in [0.717, 1.165) is 19.6 Å². The van der Waals surface area contributed by atoms with E-state index in [4.69, 9.17) is 11.6 Å². The molecule has 1 N–H and O–H groups in total. The van der Waals surface area contributed by atoms with Crippen LogP contribution in [0.5, 0.6) is 0 Å². The number of hydrogen-bond acceptors (Lipinski definition) is 2. The zero-order valence-corrected chi connectivity index (χ0v) is 9.39. The van der Waals surface area contributed by atoms with Gasteiger partial charge in [0.25, 0.3) is 0 Å². The van der Waals surface area contributed by atoms with Gasteiger partial charge in [0.2, 0.25) is 0 Å². The third-order valence-corrected chi connectivity index (χ3v) is 2.96. The second-order valence-corrected chi connectivity index (χ2v) is 4.28. The van der Waals surface area contributed by atoms with Crippen LogP contribution >= 0.6 is 11.6 Å². The summed E-state index contributed by atoms with van der Waals surface area (Å²) in [4.78, 5) is 2.07. The van der Waals surface area contributed by atoms with Crippen LogP contribution in [0.25, 0.3) is 0 Å². The zero-order valence-electron chi connectivity index (χ0n) is 8.63.